The monoisotopic (exact) mass is 282 g/mol. The van der Waals surface area contributed by atoms with E-state index in [4.69, 9.17) is 28.8 Å². The Morgan fingerprint density at radius 1 is 1.26 bits per heavy atom. The normalized spacial score (nSPS) is 11.0. The number of carbonyl (C=O) groups is 1. The summed E-state index contributed by atoms with van der Waals surface area (Å²) in [7, 11) is 3.24. The highest BCUT2D eigenvalue weighted by Gasteiger charge is 2.14. The van der Waals surface area contributed by atoms with Crippen LogP contribution in [0.2, 0.25) is 5.02 Å². The van der Waals surface area contributed by atoms with Gasteiger partial charge in [0.25, 0.3) is 5.91 Å². The Labute approximate surface area is 115 Å². The van der Waals surface area contributed by atoms with Crippen LogP contribution in [0.15, 0.2) is 28.2 Å². The summed E-state index contributed by atoms with van der Waals surface area (Å²) >= 11 is 5.87. The molecule has 1 rings (SSSR count). The molecule has 1 aromatic carbocycles. The molecule has 0 heterocycles. The van der Waals surface area contributed by atoms with E-state index in [-0.39, 0.29) is 17.8 Å². The van der Waals surface area contributed by atoms with Crippen molar-refractivity contribution >= 4 is 35.1 Å². The molecule has 0 bridgehead atoms. The molecule has 0 aliphatic rings. The third kappa shape index (κ3) is 4.14. The number of hydrogen-bond donors (Lipinski definition) is 3. The third-order valence-electron chi connectivity index (χ3n) is 2.07. The fourth-order valence-corrected chi connectivity index (χ4v) is 1.47. The molecule has 8 heteroatoms. The number of halogens is 1. The quantitative estimate of drug-likeness (QED) is 0.532. The maximum Gasteiger partial charge on any atom is 0.255 e. The molecule has 7 nitrogen and oxygen atoms in total. The van der Waals surface area contributed by atoms with Crippen molar-refractivity contribution in [2.45, 2.75) is 0 Å². The molecule has 0 radical (unpaired) electrons. The van der Waals surface area contributed by atoms with E-state index in [1.165, 1.54) is 11.0 Å². The number of amides is 1. The van der Waals surface area contributed by atoms with Gasteiger partial charge in [-0.25, -0.2) is 4.99 Å². The summed E-state index contributed by atoms with van der Waals surface area (Å²) in [6.07, 6.45) is 0. The molecule has 1 amide bonds. The fourth-order valence-electron chi connectivity index (χ4n) is 1.30. The van der Waals surface area contributed by atoms with Crippen LogP contribution in [-0.2, 0) is 0 Å². The number of nitrogens with two attached hydrogens (primary N) is 3. The van der Waals surface area contributed by atoms with Crippen LogP contribution in [0.1, 0.15) is 10.4 Å². The van der Waals surface area contributed by atoms with Crippen LogP contribution < -0.4 is 17.2 Å². The molecule has 19 heavy (non-hydrogen) atoms. The van der Waals surface area contributed by atoms with Crippen molar-refractivity contribution in [1.29, 1.82) is 0 Å². The minimum Gasteiger partial charge on any atom is -0.370 e. The number of hydrogen-bond acceptors (Lipinski definition) is 2. The van der Waals surface area contributed by atoms with Crippen LogP contribution >= 0.6 is 11.6 Å². The van der Waals surface area contributed by atoms with Crippen LogP contribution in [0, 0.1) is 0 Å². The number of carbonyl (C=O) groups excluding carboxylic acids is 1. The maximum atomic E-state index is 12.0. The smallest absolute Gasteiger partial charge is 0.255 e. The van der Waals surface area contributed by atoms with Gasteiger partial charge < -0.3 is 22.1 Å². The Kier molecular flexibility index (Phi) is 4.71. The van der Waals surface area contributed by atoms with Crippen LogP contribution in [0.3, 0.4) is 0 Å². The first-order valence-electron chi connectivity index (χ1n) is 5.26. The first-order valence-corrected chi connectivity index (χ1v) is 5.64. The Hall–Kier alpha value is -2.28. The van der Waals surface area contributed by atoms with Gasteiger partial charge in [0.2, 0.25) is 5.96 Å². The highest BCUT2D eigenvalue weighted by molar-refractivity contribution is 6.31. The van der Waals surface area contributed by atoms with Gasteiger partial charge in [-0.3, -0.25) is 4.79 Å². The van der Waals surface area contributed by atoms with E-state index in [1.54, 1.807) is 26.2 Å². The lowest BCUT2D eigenvalue weighted by Gasteiger charge is -2.12. The van der Waals surface area contributed by atoms with Crippen molar-refractivity contribution in [1.82, 2.24) is 4.90 Å². The van der Waals surface area contributed by atoms with Crippen LogP contribution in [0.4, 0.5) is 5.69 Å². The first-order chi connectivity index (χ1) is 8.81. The van der Waals surface area contributed by atoms with Crippen molar-refractivity contribution in [3.05, 3.63) is 28.8 Å². The first kappa shape index (κ1) is 14.8. The fraction of sp³-hybridized carbons (Fsp3) is 0.182. The zero-order valence-corrected chi connectivity index (χ0v) is 11.3. The predicted molar refractivity (Wildman–Crippen MR) is 76.6 cm³/mol. The molecule has 6 N–H and O–H groups in total. The van der Waals surface area contributed by atoms with Gasteiger partial charge >= 0.3 is 0 Å². The minimum atomic E-state index is -0.251. The summed E-state index contributed by atoms with van der Waals surface area (Å²) in [4.78, 5) is 21.0. The molecule has 102 valence electrons. The predicted octanol–water partition coefficient (Wildman–Crippen LogP) is 0.261. The van der Waals surface area contributed by atoms with Gasteiger partial charge in [0.1, 0.15) is 0 Å². The zero-order chi connectivity index (χ0) is 14.6. The zero-order valence-electron chi connectivity index (χ0n) is 10.6. The van der Waals surface area contributed by atoms with Gasteiger partial charge in [-0.05, 0) is 18.2 Å². The highest BCUT2D eigenvalue weighted by Crippen LogP contribution is 2.24. The molecule has 0 aromatic heterocycles. The second kappa shape index (κ2) is 6.05. The lowest BCUT2D eigenvalue weighted by atomic mass is 10.1. The van der Waals surface area contributed by atoms with Gasteiger partial charge in [0, 0.05) is 19.1 Å². The largest absolute Gasteiger partial charge is 0.370 e. The molecule has 1 aromatic rings. The highest BCUT2D eigenvalue weighted by atomic mass is 35.5. The van der Waals surface area contributed by atoms with Gasteiger partial charge in [0.15, 0.2) is 5.96 Å². The SMILES string of the molecule is CN(C)C(=O)c1cc(Cl)ccc1N=C(N)N=C(N)N. The molecular weight excluding hydrogens is 268 g/mol. The molecule has 0 atom stereocenters. The van der Waals surface area contributed by atoms with Gasteiger partial charge in [0.05, 0.1) is 11.3 Å². The average molecular weight is 283 g/mol. The Morgan fingerprint density at radius 2 is 1.89 bits per heavy atom. The van der Waals surface area contributed by atoms with Crippen molar-refractivity contribution in [3.63, 3.8) is 0 Å². The number of aliphatic imine (C=N–C) groups is 2. The summed E-state index contributed by atoms with van der Waals surface area (Å²) in [6, 6.07) is 4.66. The van der Waals surface area contributed by atoms with Crippen molar-refractivity contribution in [3.8, 4) is 0 Å². The van der Waals surface area contributed by atoms with Crippen LogP contribution in [0.25, 0.3) is 0 Å². The molecule has 0 saturated carbocycles. The Balaban J connectivity index is 3.29. The molecule has 0 aliphatic heterocycles. The van der Waals surface area contributed by atoms with Crippen molar-refractivity contribution < 1.29 is 4.79 Å². The van der Waals surface area contributed by atoms with E-state index >= 15 is 0 Å². The number of guanidine groups is 2. The molecule has 0 unspecified atom stereocenters. The minimum absolute atomic E-state index is 0.143. The third-order valence-corrected chi connectivity index (χ3v) is 2.31. The van der Waals surface area contributed by atoms with Gasteiger partial charge in [-0.2, -0.15) is 4.99 Å². The molecule has 0 saturated heterocycles. The molecular formula is C11H15ClN6O. The standard InChI is InChI=1S/C11H15ClN6O/c1-18(2)9(19)7-5-6(12)3-4-8(7)16-11(15)17-10(13)14/h3-5H,1-2H3,(H6,13,14,15,16,17). The topological polar surface area (TPSA) is 123 Å². The molecule has 0 aliphatic carbocycles. The van der Waals surface area contributed by atoms with E-state index in [9.17, 15) is 4.79 Å². The number of nitrogens with zero attached hydrogens (tertiary/aromatic N) is 3. The van der Waals surface area contributed by atoms with E-state index in [2.05, 4.69) is 9.98 Å². The number of benzene rings is 1. The van der Waals surface area contributed by atoms with Gasteiger partial charge in [-0.15, -0.1) is 0 Å². The summed E-state index contributed by atoms with van der Waals surface area (Å²) in [5.74, 6) is -0.607. The van der Waals surface area contributed by atoms with E-state index < -0.39 is 0 Å². The van der Waals surface area contributed by atoms with Crippen LogP contribution in [-0.4, -0.2) is 36.8 Å². The summed E-state index contributed by atoms with van der Waals surface area (Å²) in [6.45, 7) is 0. The van der Waals surface area contributed by atoms with Crippen molar-refractivity contribution in [2.24, 2.45) is 27.2 Å². The van der Waals surface area contributed by atoms with E-state index in [1.807, 2.05) is 0 Å². The van der Waals surface area contributed by atoms with E-state index in [0.29, 0.717) is 16.3 Å². The van der Waals surface area contributed by atoms with E-state index in [0.717, 1.165) is 0 Å². The average Bonchev–Trinajstić information content (AvgIpc) is 2.29. The van der Waals surface area contributed by atoms with Gasteiger partial charge in [-0.1, -0.05) is 11.6 Å². The summed E-state index contributed by atoms with van der Waals surface area (Å²) < 4.78 is 0. The van der Waals surface area contributed by atoms with Crippen LogP contribution in [0.5, 0.6) is 0 Å². The summed E-state index contributed by atoms with van der Waals surface area (Å²) in [5, 5.41) is 0.421. The number of rotatable bonds is 2. The second-order valence-corrected chi connectivity index (χ2v) is 4.30. The maximum absolute atomic E-state index is 12.0. The lowest BCUT2D eigenvalue weighted by molar-refractivity contribution is 0.0828. The Morgan fingerprint density at radius 3 is 2.42 bits per heavy atom. The molecule has 0 fully saturated rings. The lowest BCUT2D eigenvalue weighted by Crippen LogP contribution is -2.26. The second-order valence-electron chi connectivity index (χ2n) is 3.87. The summed E-state index contributed by atoms with van der Waals surface area (Å²) in [5.41, 5.74) is 16.6. The molecule has 0 spiro atoms. The van der Waals surface area contributed by atoms with Crippen molar-refractivity contribution in [2.75, 3.05) is 14.1 Å². The Bertz CT molecular complexity index is 548.